The van der Waals surface area contributed by atoms with E-state index < -0.39 is 5.91 Å². The summed E-state index contributed by atoms with van der Waals surface area (Å²) in [5, 5.41) is 0. The molecule has 0 atom stereocenters. The van der Waals surface area contributed by atoms with Gasteiger partial charge in [-0.15, -0.1) is 5.73 Å². The first-order valence-corrected chi connectivity index (χ1v) is 2.41. The summed E-state index contributed by atoms with van der Waals surface area (Å²) >= 11 is 0. The molecule has 0 spiro atoms. The van der Waals surface area contributed by atoms with Gasteiger partial charge in [-0.3, -0.25) is 4.79 Å². The van der Waals surface area contributed by atoms with Gasteiger partial charge in [-0.2, -0.15) is 0 Å². The Morgan fingerprint density at radius 1 is 1.88 bits per heavy atom. The second-order valence-electron chi connectivity index (χ2n) is 1.37. The molecule has 0 rings (SSSR count). The van der Waals surface area contributed by atoms with Crippen molar-refractivity contribution in [3.8, 4) is 0 Å². The van der Waals surface area contributed by atoms with Crippen LogP contribution in [-0.2, 0) is 4.79 Å². The zero-order valence-corrected chi connectivity index (χ0v) is 4.90. The molecule has 0 aliphatic carbocycles. The number of carbonyl (C=O) groups excluding carboxylic acids is 1. The first-order valence-electron chi connectivity index (χ1n) is 2.41. The minimum Gasteiger partial charge on any atom is -0.365 e. The molecule has 0 aromatic carbocycles. The van der Waals surface area contributed by atoms with Crippen LogP contribution >= 0.6 is 0 Å². The molecule has 0 aliphatic heterocycles. The van der Waals surface area contributed by atoms with Crippen LogP contribution < -0.4 is 5.73 Å². The maximum absolute atomic E-state index is 10.2. The second-order valence-corrected chi connectivity index (χ2v) is 1.37. The van der Waals surface area contributed by atoms with E-state index in [-0.39, 0.29) is 0 Å². The van der Waals surface area contributed by atoms with E-state index in [0.717, 1.165) is 0 Å². The van der Waals surface area contributed by atoms with Crippen LogP contribution in [0.25, 0.3) is 0 Å². The molecule has 0 bridgehead atoms. The lowest BCUT2D eigenvalue weighted by molar-refractivity contribution is -0.114. The number of hydrogen-bond acceptors (Lipinski definition) is 1. The molecule has 0 saturated carbocycles. The highest BCUT2D eigenvalue weighted by Gasteiger charge is 1.96. The van der Waals surface area contributed by atoms with E-state index in [4.69, 9.17) is 5.73 Å². The normalized spacial score (nSPS) is 7.62. The molecule has 2 heteroatoms. The molecule has 0 heterocycles. The monoisotopic (exact) mass is 111 g/mol. The largest absolute Gasteiger partial charge is 0.365 e. The molecule has 0 saturated heterocycles. The molecule has 0 aromatic heterocycles. The summed E-state index contributed by atoms with van der Waals surface area (Å²) in [5.41, 5.74) is 7.79. The van der Waals surface area contributed by atoms with Crippen molar-refractivity contribution in [3.05, 3.63) is 17.9 Å². The van der Waals surface area contributed by atoms with E-state index in [0.29, 0.717) is 12.0 Å². The first-order chi connectivity index (χ1) is 3.72. The number of primary amides is 1. The Morgan fingerprint density at radius 2 is 2.38 bits per heavy atom. The lowest BCUT2D eigenvalue weighted by Crippen LogP contribution is -2.12. The van der Waals surface area contributed by atoms with Gasteiger partial charge in [0, 0.05) is 0 Å². The Hall–Kier alpha value is -1.01. The van der Waals surface area contributed by atoms with Crippen LogP contribution in [0.5, 0.6) is 0 Å². The quantitative estimate of drug-likeness (QED) is 0.411. The van der Waals surface area contributed by atoms with Gasteiger partial charge in [0.2, 0.25) is 0 Å². The van der Waals surface area contributed by atoms with Crippen molar-refractivity contribution in [2.75, 3.05) is 0 Å². The standard InChI is InChI=1S/C6H9NO/c1-3-5(4-2)6(7)8/h1,4H2,2H3,(H2,7,8). The summed E-state index contributed by atoms with van der Waals surface area (Å²) in [6, 6.07) is 0. The highest BCUT2D eigenvalue weighted by Crippen LogP contribution is 1.93. The topological polar surface area (TPSA) is 43.1 Å². The SMILES string of the molecule is C=C=C(CC)C(N)=O. The summed E-state index contributed by atoms with van der Waals surface area (Å²) in [6.45, 7) is 5.12. The van der Waals surface area contributed by atoms with Crippen LogP contribution in [0.3, 0.4) is 0 Å². The summed E-state index contributed by atoms with van der Waals surface area (Å²) in [5.74, 6) is -0.428. The van der Waals surface area contributed by atoms with E-state index in [1.807, 2.05) is 6.92 Å². The smallest absolute Gasteiger partial charge is 0.252 e. The van der Waals surface area contributed by atoms with Crippen LogP contribution in [0.4, 0.5) is 0 Å². The third-order valence-electron chi connectivity index (χ3n) is 0.864. The fourth-order valence-corrected chi connectivity index (χ4v) is 0.386. The maximum atomic E-state index is 10.2. The highest BCUT2D eigenvalue weighted by atomic mass is 16.1. The minimum atomic E-state index is -0.428. The van der Waals surface area contributed by atoms with Crippen molar-refractivity contribution in [2.45, 2.75) is 13.3 Å². The zero-order chi connectivity index (χ0) is 6.57. The predicted molar refractivity (Wildman–Crippen MR) is 32.1 cm³/mol. The summed E-state index contributed by atoms with van der Waals surface area (Å²) in [4.78, 5) is 10.2. The van der Waals surface area contributed by atoms with Gasteiger partial charge in [0.25, 0.3) is 5.91 Å². The van der Waals surface area contributed by atoms with Gasteiger partial charge in [-0.1, -0.05) is 13.5 Å². The fraction of sp³-hybridized carbons (Fsp3) is 0.333. The number of nitrogens with two attached hydrogens (primary N) is 1. The molecule has 0 radical (unpaired) electrons. The molecule has 44 valence electrons. The van der Waals surface area contributed by atoms with Gasteiger partial charge in [0.05, 0.1) is 5.57 Å². The second kappa shape index (κ2) is 3.05. The van der Waals surface area contributed by atoms with Gasteiger partial charge < -0.3 is 5.73 Å². The van der Waals surface area contributed by atoms with Gasteiger partial charge in [0.15, 0.2) is 0 Å². The molecule has 0 aromatic rings. The molecule has 2 N–H and O–H groups in total. The van der Waals surface area contributed by atoms with Crippen LogP contribution in [0, 0.1) is 0 Å². The number of carbonyl (C=O) groups is 1. The van der Waals surface area contributed by atoms with E-state index in [1.54, 1.807) is 0 Å². The highest BCUT2D eigenvalue weighted by molar-refractivity contribution is 5.91. The zero-order valence-electron chi connectivity index (χ0n) is 4.90. The summed E-state index contributed by atoms with van der Waals surface area (Å²) in [7, 11) is 0. The van der Waals surface area contributed by atoms with Crippen LogP contribution in [-0.4, -0.2) is 5.91 Å². The van der Waals surface area contributed by atoms with Crippen molar-refractivity contribution in [2.24, 2.45) is 5.73 Å². The van der Waals surface area contributed by atoms with E-state index in [2.05, 4.69) is 12.3 Å². The molecular formula is C6H9NO. The third-order valence-corrected chi connectivity index (χ3v) is 0.864. The Kier molecular flexibility index (Phi) is 2.67. The Bertz CT molecular complexity index is 143. The molecule has 0 aliphatic rings. The Morgan fingerprint density at radius 3 is 2.38 bits per heavy atom. The van der Waals surface area contributed by atoms with Crippen molar-refractivity contribution < 1.29 is 4.79 Å². The van der Waals surface area contributed by atoms with Crippen LogP contribution in [0.2, 0.25) is 0 Å². The number of hydrogen-bond donors (Lipinski definition) is 1. The first kappa shape index (κ1) is 6.99. The van der Waals surface area contributed by atoms with E-state index >= 15 is 0 Å². The van der Waals surface area contributed by atoms with Gasteiger partial charge in [-0.25, -0.2) is 0 Å². The fourth-order valence-electron chi connectivity index (χ4n) is 0.386. The molecule has 0 fully saturated rings. The molecule has 1 amide bonds. The van der Waals surface area contributed by atoms with Gasteiger partial charge in [0.1, 0.15) is 0 Å². The maximum Gasteiger partial charge on any atom is 0.252 e. The van der Waals surface area contributed by atoms with Crippen LogP contribution in [0.15, 0.2) is 17.9 Å². The van der Waals surface area contributed by atoms with Crippen molar-refractivity contribution >= 4 is 5.91 Å². The van der Waals surface area contributed by atoms with Crippen molar-refractivity contribution in [1.82, 2.24) is 0 Å². The summed E-state index contributed by atoms with van der Waals surface area (Å²) in [6.07, 6.45) is 0.610. The van der Waals surface area contributed by atoms with Crippen molar-refractivity contribution in [3.63, 3.8) is 0 Å². The van der Waals surface area contributed by atoms with Gasteiger partial charge in [-0.05, 0) is 6.42 Å². The Labute approximate surface area is 48.7 Å². The average Bonchev–Trinajstić information content (AvgIpc) is 1.69. The predicted octanol–water partition coefficient (Wildman–Crippen LogP) is 0.593. The van der Waals surface area contributed by atoms with E-state index in [9.17, 15) is 4.79 Å². The lowest BCUT2D eigenvalue weighted by Gasteiger charge is -1.89. The molecule has 8 heavy (non-hydrogen) atoms. The lowest BCUT2D eigenvalue weighted by atomic mass is 10.2. The average molecular weight is 111 g/mol. The number of amides is 1. The molecular weight excluding hydrogens is 102 g/mol. The van der Waals surface area contributed by atoms with E-state index in [1.165, 1.54) is 0 Å². The van der Waals surface area contributed by atoms with Crippen molar-refractivity contribution in [1.29, 1.82) is 0 Å². The number of rotatable bonds is 2. The molecule has 0 unspecified atom stereocenters. The van der Waals surface area contributed by atoms with Crippen LogP contribution in [0.1, 0.15) is 13.3 Å². The van der Waals surface area contributed by atoms with Gasteiger partial charge >= 0.3 is 0 Å². The summed E-state index contributed by atoms with van der Waals surface area (Å²) < 4.78 is 0. The Balaban J connectivity index is 4.14. The molecule has 2 nitrogen and oxygen atoms in total. The third kappa shape index (κ3) is 1.63. The minimum absolute atomic E-state index is 0.428.